The molecule has 0 radical (unpaired) electrons. The topological polar surface area (TPSA) is 85.2 Å². The number of amides is 2. The van der Waals surface area contributed by atoms with Gasteiger partial charge in [-0.2, -0.15) is 5.10 Å². The van der Waals surface area contributed by atoms with E-state index in [2.05, 4.69) is 34.9 Å². The highest BCUT2D eigenvalue weighted by atomic mass is 16.6. The van der Waals surface area contributed by atoms with Crippen molar-refractivity contribution in [3.05, 3.63) is 120 Å². The van der Waals surface area contributed by atoms with Gasteiger partial charge in [-0.15, -0.1) is 0 Å². The van der Waals surface area contributed by atoms with Crippen LogP contribution in [0.15, 0.2) is 109 Å². The van der Waals surface area contributed by atoms with Gasteiger partial charge < -0.3 is 15.4 Å². The van der Waals surface area contributed by atoms with Crippen LogP contribution < -0.4 is 10.6 Å². The van der Waals surface area contributed by atoms with Crippen molar-refractivity contribution < 1.29 is 14.3 Å². The number of para-hydroxylation sites is 1. The molecule has 4 aromatic carbocycles. The largest absolute Gasteiger partial charge is 0.444 e. The lowest BCUT2D eigenvalue weighted by Gasteiger charge is -2.23. The molecule has 0 aliphatic heterocycles. The summed E-state index contributed by atoms with van der Waals surface area (Å²) in [4.78, 5) is 26.1. The van der Waals surface area contributed by atoms with E-state index in [-0.39, 0.29) is 12.5 Å². The summed E-state index contributed by atoms with van der Waals surface area (Å²) in [6.45, 7) is 5.60. The minimum absolute atomic E-state index is 0.231. The molecule has 5 aromatic rings. The minimum Gasteiger partial charge on any atom is -0.444 e. The molecule has 1 atom stereocenters. The Morgan fingerprint density at radius 1 is 0.854 bits per heavy atom. The second-order valence-corrected chi connectivity index (χ2v) is 11.0. The van der Waals surface area contributed by atoms with Crippen molar-refractivity contribution in [1.82, 2.24) is 20.4 Å². The molecule has 0 fully saturated rings. The summed E-state index contributed by atoms with van der Waals surface area (Å²) in [7, 11) is 0. The van der Waals surface area contributed by atoms with Gasteiger partial charge in [-0.1, -0.05) is 84.9 Å². The third kappa shape index (κ3) is 7.19. The number of hydrogen-bond donors (Lipinski definition) is 2. The van der Waals surface area contributed by atoms with E-state index in [4.69, 9.17) is 9.84 Å². The van der Waals surface area contributed by atoms with Crippen molar-refractivity contribution in [2.24, 2.45) is 0 Å². The summed E-state index contributed by atoms with van der Waals surface area (Å²) in [6.07, 6.45) is 1.63. The van der Waals surface area contributed by atoms with E-state index in [0.717, 1.165) is 38.8 Å². The number of hydrogen-bond acceptors (Lipinski definition) is 4. The zero-order valence-corrected chi connectivity index (χ0v) is 23.5. The van der Waals surface area contributed by atoms with E-state index in [0.29, 0.717) is 6.42 Å². The van der Waals surface area contributed by atoms with E-state index >= 15 is 0 Å². The highest BCUT2D eigenvalue weighted by molar-refractivity contribution is 5.88. The number of carbonyl (C=O) groups is 2. The Kier molecular flexibility index (Phi) is 8.15. The first-order valence-corrected chi connectivity index (χ1v) is 13.7. The van der Waals surface area contributed by atoms with Gasteiger partial charge >= 0.3 is 6.09 Å². The normalized spacial score (nSPS) is 12.1. The summed E-state index contributed by atoms with van der Waals surface area (Å²) < 4.78 is 7.27. The summed E-state index contributed by atoms with van der Waals surface area (Å²) in [5.41, 5.74) is 3.75. The summed E-state index contributed by atoms with van der Waals surface area (Å²) in [5.74, 6) is -0.309. The summed E-state index contributed by atoms with van der Waals surface area (Å²) in [6, 6.07) is 33.1. The molecule has 208 valence electrons. The number of carbonyl (C=O) groups excluding carboxylic acids is 2. The van der Waals surface area contributed by atoms with E-state index in [1.54, 1.807) is 20.8 Å². The van der Waals surface area contributed by atoms with Crippen molar-refractivity contribution in [3.8, 4) is 16.9 Å². The first-order chi connectivity index (χ1) is 19.7. The minimum atomic E-state index is -0.819. The maximum Gasteiger partial charge on any atom is 0.408 e. The zero-order chi connectivity index (χ0) is 28.8. The first kappa shape index (κ1) is 27.6. The van der Waals surface area contributed by atoms with Gasteiger partial charge in [-0.25, -0.2) is 9.48 Å². The lowest BCUT2D eigenvalue weighted by molar-refractivity contribution is -0.123. The quantitative estimate of drug-likeness (QED) is 0.234. The standard InChI is InChI=1S/C34H34N4O3/c1-34(2,3)41-33(40)36-30(20-24-12-6-4-7-13-24)32(39)35-22-28-23-38(29-16-8-5-9-17-29)37-31(28)27-19-18-25-14-10-11-15-26(25)21-27/h4-19,21,23,30H,20,22H2,1-3H3,(H,35,39)(H,36,40)/t30-/m1/s1. The number of nitrogens with one attached hydrogen (secondary N) is 2. The molecule has 2 N–H and O–H groups in total. The molecule has 7 heteroatoms. The maximum atomic E-state index is 13.5. The molecule has 41 heavy (non-hydrogen) atoms. The van der Waals surface area contributed by atoms with Gasteiger partial charge in [0.25, 0.3) is 0 Å². The maximum absolute atomic E-state index is 13.5. The second kappa shape index (κ2) is 12.1. The van der Waals surface area contributed by atoms with Crippen molar-refractivity contribution >= 4 is 22.8 Å². The number of ether oxygens (including phenoxy) is 1. The molecule has 7 nitrogen and oxygen atoms in total. The highest BCUT2D eigenvalue weighted by Gasteiger charge is 2.25. The van der Waals surface area contributed by atoms with Crippen LogP contribution in [0.2, 0.25) is 0 Å². The average Bonchev–Trinajstić information content (AvgIpc) is 3.40. The molecule has 1 aromatic heterocycles. The second-order valence-electron chi connectivity index (χ2n) is 11.0. The third-order valence-electron chi connectivity index (χ3n) is 6.58. The summed E-state index contributed by atoms with van der Waals surface area (Å²) >= 11 is 0. The average molecular weight is 547 g/mol. The number of aromatic nitrogens is 2. The predicted octanol–water partition coefficient (Wildman–Crippen LogP) is 6.44. The lowest BCUT2D eigenvalue weighted by atomic mass is 10.0. The van der Waals surface area contributed by atoms with Crippen LogP contribution in [-0.2, 0) is 22.5 Å². The van der Waals surface area contributed by atoms with Crippen LogP contribution in [0.25, 0.3) is 27.7 Å². The Bertz CT molecular complexity index is 1640. The molecule has 0 unspecified atom stereocenters. The van der Waals surface area contributed by atoms with Crippen LogP contribution in [0.4, 0.5) is 4.79 Å². The SMILES string of the molecule is CC(C)(C)OC(=O)N[C@H](Cc1ccccc1)C(=O)NCc1cn(-c2ccccc2)nc1-c1ccc2ccccc2c1. The van der Waals surface area contributed by atoms with Crippen molar-refractivity contribution in [2.75, 3.05) is 0 Å². The number of rotatable bonds is 8. The van der Waals surface area contributed by atoms with Crippen molar-refractivity contribution in [3.63, 3.8) is 0 Å². The number of alkyl carbamates (subject to hydrolysis) is 1. The van der Waals surface area contributed by atoms with Crippen LogP contribution in [0, 0.1) is 0 Å². The predicted molar refractivity (Wildman–Crippen MR) is 162 cm³/mol. The monoisotopic (exact) mass is 546 g/mol. The summed E-state index contributed by atoms with van der Waals surface area (Å²) in [5, 5.41) is 13.0. The fraction of sp³-hybridized carbons (Fsp3) is 0.206. The van der Waals surface area contributed by atoms with Crippen LogP contribution in [-0.4, -0.2) is 33.4 Å². The first-order valence-electron chi connectivity index (χ1n) is 13.7. The lowest BCUT2D eigenvalue weighted by Crippen LogP contribution is -2.49. The number of benzene rings is 4. The van der Waals surface area contributed by atoms with Gasteiger partial charge in [0, 0.05) is 30.3 Å². The van der Waals surface area contributed by atoms with Crippen molar-refractivity contribution in [1.29, 1.82) is 0 Å². The molecule has 0 bridgehead atoms. The van der Waals surface area contributed by atoms with Gasteiger partial charge in [-0.3, -0.25) is 4.79 Å². The Balaban J connectivity index is 1.42. The molecule has 0 spiro atoms. The number of fused-ring (bicyclic) bond motifs is 1. The molecule has 2 amide bonds. The Morgan fingerprint density at radius 2 is 1.51 bits per heavy atom. The smallest absolute Gasteiger partial charge is 0.408 e. The zero-order valence-electron chi connectivity index (χ0n) is 23.5. The van der Waals surface area contributed by atoms with Gasteiger partial charge in [-0.05, 0) is 55.3 Å². The Hall–Kier alpha value is -4.91. The van der Waals surface area contributed by atoms with E-state index in [1.807, 2.05) is 89.7 Å². The van der Waals surface area contributed by atoms with Gasteiger partial charge in [0.1, 0.15) is 11.6 Å². The van der Waals surface area contributed by atoms with E-state index in [9.17, 15) is 9.59 Å². The van der Waals surface area contributed by atoms with Gasteiger partial charge in [0.15, 0.2) is 0 Å². The molecule has 0 aliphatic rings. The molecule has 0 saturated heterocycles. The van der Waals surface area contributed by atoms with Gasteiger partial charge in [0.2, 0.25) is 5.91 Å². The highest BCUT2D eigenvalue weighted by Crippen LogP contribution is 2.27. The van der Waals surface area contributed by atoms with Crippen LogP contribution in [0.3, 0.4) is 0 Å². The molecule has 0 saturated carbocycles. The van der Waals surface area contributed by atoms with Crippen LogP contribution >= 0.6 is 0 Å². The van der Waals surface area contributed by atoms with E-state index < -0.39 is 17.7 Å². The fourth-order valence-corrected chi connectivity index (χ4v) is 4.65. The molecule has 1 heterocycles. The Labute approximate surface area is 240 Å². The number of nitrogens with zero attached hydrogens (tertiary/aromatic N) is 2. The van der Waals surface area contributed by atoms with Crippen LogP contribution in [0.1, 0.15) is 31.9 Å². The molecular weight excluding hydrogens is 512 g/mol. The molecule has 0 aliphatic carbocycles. The third-order valence-corrected chi connectivity index (χ3v) is 6.58. The fourth-order valence-electron chi connectivity index (χ4n) is 4.65. The van der Waals surface area contributed by atoms with E-state index in [1.165, 1.54) is 0 Å². The van der Waals surface area contributed by atoms with Crippen LogP contribution in [0.5, 0.6) is 0 Å². The molecular formula is C34H34N4O3. The Morgan fingerprint density at radius 3 is 2.22 bits per heavy atom. The van der Waals surface area contributed by atoms with Crippen molar-refractivity contribution in [2.45, 2.75) is 45.4 Å². The van der Waals surface area contributed by atoms with Gasteiger partial charge in [0.05, 0.1) is 11.4 Å². The molecule has 5 rings (SSSR count).